The highest BCUT2D eigenvalue weighted by Gasteiger charge is 2.65. The second-order valence-corrected chi connectivity index (χ2v) is 63.2. The molecule has 4 bridgehead atoms. The van der Waals surface area contributed by atoms with Gasteiger partial charge in [-0.05, 0) is 204 Å². The van der Waals surface area contributed by atoms with Gasteiger partial charge >= 0.3 is 34.2 Å². The van der Waals surface area contributed by atoms with Gasteiger partial charge in [0.1, 0.15) is 0 Å². The molecule has 0 aromatic heterocycles. The van der Waals surface area contributed by atoms with Gasteiger partial charge in [0.25, 0.3) is 111 Å². The first-order valence-corrected chi connectivity index (χ1v) is 60.9. The molecule has 4 saturated heterocycles. The van der Waals surface area contributed by atoms with Crippen LogP contribution in [0.2, 0.25) is 127 Å². The molecule has 4 heterocycles. The van der Waals surface area contributed by atoms with E-state index in [0.717, 1.165) is 41.6 Å². The molecular weight excluding hydrogens is 1130 g/mol. The zero-order chi connectivity index (χ0) is 48.4. The summed E-state index contributed by atoms with van der Waals surface area (Å²) in [7, 11) is -29.1. The van der Waals surface area contributed by atoms with Crippen molar-refractivity contribution in [2.75, 3.05) is 0 Å². The van der Waals surface area contributed by atoms with Crippen LogP contribution in [0.15, 0.2) is 0 Å². The van der Waals surface area contributed by atoms with E-state index in [1.807, 2.05) is 0 Å². The van der Waals surface area contributed by atoms with Gasteiger partial charge in [-0.1, -0.05) is 0 Å². The number of hydrogen-bond acceptors (Lipinski definition) is 16. The Balaban J connectivity index is 0.000000182. The summed E-state index contributed by atoms with van der Waals surface area (Å²) in [6, 6.07) is 1.06. The Morgan fingerprint density at radius 2 is 0.701 bits per heavy atom. The van der Waals surface area contributed by atoms with E-state index in [0.29, 0.717) is 22.5 Å². The first-order chi connectivity index (χ1) is 31.4. The fourth-order valence-electron chi connectivity index (χ4n) is 14.9. The van der Waals surface area contributed by atoms with Gasteiger partial charge < -0.3 is 65.8 Å². The van der Waals surface area contributed by atoms with Gasteiger partial charge in [-0.25, -0.2) is 0 Å². The third-order valence-electron chi connectivity index (χ3n) is 16.8. The molecule has 9 rings (SSSR count). The molecule has 0 spiro atoms. The molecule has 0 radical (unpaired) electrons. The van der Waals surface area contributed by atoms with Crippen molar-refractivity contribution >= 4 is 146 Å². The molecule has 9 aliphatic rings. The largest absolute Gasteiger partial charge is 0.420 e. The Morgan fingerprint density at radius 1 is 0.328 bits per heavy atom. The van der Waals surface area contributed by atoms with Crippen LogP contribution in [-0.4, -0.2) is 146 Å². The Labute approximate surface area is 428 Å². The third-order valence-corrected chi connectivity index (χ3v) is 74.4. The second-order valence-electron chi connectivity index (χ2n) is 22.2. The summed E-state index contributed by atoms with van der Waals surface area (Å²) in [5.41, 5.74) is 1.70. The van der Waals surface area contributed by atoms with Crippen molar-refractivity contribution in [1.82, 2.24) is 0 Å². The van der Waals surface area contributed by atoms with Crippen LogP contribution in [0.3, 0.4) is 0 Å². The van der Waals surface area contributed by atoms with Crippen LogP contribution in [0, 0.1) is 41.4 Å². The molecule has 0 amide bonds. The topological polar surface area (TPSA) is 148 Å². The summed E-state index contributed by atoms with van der Waals surface area (Å²) < 4.78 is 103. The van der Waals surface area contributed by atoms with Gasteiger partial charge in [-0.2, -0.15) is 0 Å². The van der Waals surface area contributed by atoms with Gasteiger partial charge in [0.15, 0.2) is 0 Å². The summed E-state index contributed by atoms with van der Waals surface area (Å²) in [5, 5.41) is 0. The van der Waals surface area contributed by atoms with Crippen molar-refractivity contribution in [1.29, 1.82) is 0 Å². The molecule has 18 atom stereocenters. The van der Waals surface area contributed by atoms with Gasteiger partial charge in [0.2, 0.25) is 0 Å². The van der Waals surface area contributed by atoms with Gasteiger partial charge in [0.05, 0.1) is 0 Å². The lowest BCUT2D eigenvalue weighted by Crippen LogP contribution is -2.57. The van der Waals surface area contributed by atoms with E-state index in [1.165, 1.54) is 51.4 Å². The molecule has 0 aromatic rings. The molecular formula is C35H88O16Si16. The maximum atomic E-state index is 6.80. The monoisotopic (exact) mass is 1210 g/mol. The second kappa shape index (κ2) is 22.8. The minimum Gasteiger partial charge on any atom is -0.420 e. The average Bonchev–Trinajstić information content (AvgIpc) is 4.00. The van der Waals surface area contributed by atoms with Gasteiger partial charge in [-0.15, -0.1) is 0 Å². The highest BCUT2D eigenvalue weighted by molar-refractivity contribution is 6.84. The van der Waals surface area contributed by atoms with E-state index in [9.17, 15) is 0 Å². The van der Waals surface area contributed by atoms with E-state index < -0.39 is 146 Å². The quantitative estimate of drug-likeness (QED) is 0.346. The highest BCUT2D eigenvalue weighted by Crippen LogP contribution is 2.68. The summed E-state index contributed by atoms with van der Waals surface area (Å²) >= 11 is 0. The Bertz CT molecular complexity index is 1610. The summed E-state index contributed by atoms with van der Waals surface area (Å²) in [4.78, 5) is 0. The van der Waals surface area contributed by atoms with Crippen molar-refractivity contribution < 1.29 is 65.8 Å². The predicted molar refractivity (Wildman–Crippen MR) is 297 cm³/mol. The molecule has 32 heteroatoms. The molecule has 16 nitrogen and oxygen atoms in total. The van der Waals surface area contributed by atoms with Crippen molar-refractivity contribution in [3.8, 4) is 0 Å². The zero-order valence-corrected chi connectivity index (χ0v) is 61.5. The summed E-state index contributed by atoms with van der Waals surface area (Å²) in [6.45, 7) is 34.8. The zero-order valence-electron chi connectivity index (χ0n) is 43.6. The van der Waals surface area contributed by atoms with Gasteiger partial charge in [-0.3, -0.25) is 0 Å². The number of rotatable bonds is 6. The lowest BCUT2D eigenvalue weighted by Gasteiger charge is -2.45. The maximum absolute atomic E-state index is 6.80. The van der Waals surface area contributed by atoms with Crippen LogP contribution in [0.1, 0.15) is 51.4 Å². The minimum absolute atomic E-state index is 0.549. The normalized spacial score (nSPS) is 56.2. The molecule has 9 fully saturated rings. The maximum Gasteiger partial charge on any atom is 0.320 e. The van der Waals surface area contributed by atoms with Crippen molar-refractivity contribution in [3.05, 3.63) is 0 Å². The van der Waals surface area contributed by atoms with Crippen LogP contribution in [0.25, 0.3) is 0 Å². The lowest BCUT2D eigenvalue weighted by atomic mass is 9.81. The number of hydrogen-bond donors (Lipinski definition) is 0. The number of fused-ring (bicyclic) bond motifs is 7. The van der Waals surface area contributed by atoms with Crippen molar-refractivity contribution in [3.63, 3.8) is 0 Å². The van der Waals surface area contributed by atoms with Gasteiger partial charge in [0, 0.05) is 16.6 Å². The van der Waals surface area contributed by atoms with Crippen LogP contribution >= 0.6 is 0 Å². The smallest absolute Gasteiger partial charge is 0.320 e. The van der Waals surface area contributed by atoms with Crippen LogP contribution in [-0.2, 0) is 65.8 Å². The fourth-order valence-corrected chi connectivity index (χ4v) is 76.9. The molecule has 18 unspecified atom stereocenters. The first kappa shape index (κ1) is 56.0. The summed E-state index contributed by atoms with van der Waals surface area (Å²) in [6.07, 6.45) is 10.2. The van der Waals surface area contributed by atoms with Crippen LogP contribution in [0.5, 0.6) is 0 Å². The molecule has 67 heavy (non-hydrogen) atoms. The first-order valence-electron chi connectivity index (χ1n) is 26.1. The van der Waals surface area contributed by atoms with E-state index >= 15 is 0 Å². The predicted octanol–water partition coefficient (Wildman–Crippen LogP) is 4.40. The Morgan fingerprint density at radius 3 is 1.12 bits per heavy atom. The van der Waals surface area contributed by atoms with Crippen LogP contribution < -0.4 is 0 Å². The average molecular weight is 1210 g/mol. The van der Waals surface area contributed by atoms with E-state index in [2.05, 4.69) is 105 Å². The summed E-state index contributed by atoms with van der Waals surface area (Å²) in [5.74, 6) is 5.35. The Hall–Kier alpha value is 2.83. The fraction of sp³-hybridized carbons (Fsp3) is 1.00. The van der Waals surface area contributed by atoms with E-state index in [1.54, 1.807) is 0 Å². The molecule has 0 N–H and O–H groups in total. The third kappa shape index (κ3) is 13.5. The highest BCUT2D eigenvalue weighted by atomic mass is 28.5. The standard InChI is InChI=1S/C18H44O8Si8.C17H44O8Si8/c1-27-19-29(3)23-33(7,24-30(4)20-27)14-11-15-13-9-17(16(15)12-14)18(10-13)34(8)25-31(5)21-28(2)22-32(6)26-34;1-26-18-28(3)22-32(7,23-29(4)19-26)10-9-14-11-16-12-15(14)13-17(16)33(8)24-30(5)20-27(2)21-31(6)25-33/h13-18,27-32H,9-12H2,1-8H3;14-17,26-31H,9-13H2,1-8H3. The lowest BCUT2D eigenvalue weighted by molar-refractivity contribution is 0.209. The van der Waals surface area contributed by atoms with Crippen molar-refractivity contribution in [2.24, 2.45) is 41.4 Å². The minimum atomic E-state index is -2.36. The molecule has 0 aromatic carbocycles. The van der Waals surface area contributed by atoms with Crippen LogP contribution in [0.4, 0.5) is 0 Å². The molecule has 388 valence electrons. The molecule has 5 saturated carbocycles. The SMILES string of the molecule is C[SiH]1O[SiH](C)O[Si](C)(C2CC3C4CC(C3C2)C([Si]2(C)O[SiH](C)O[SiH](C)O[SiH](C)O2)C4)O[SiH](C)O1.C[SiH]1O[SiH](C)O[Si](C)(CCC2CC3CC2CC3[Si]2(C)O[SiH](C)O[SiH](C)O[SiH](C)O2)O[SiH](C)O1. The van der Waals surface area contributed by atoms with Crippen molar-refractivity contribution in [2.45, 2.75) is 179 Å². The van der Waals surface area contributed by atoms with E-state index in [-0.39, 0.29) is 0 Å². The van der Waals surface area contributed by atoms with E-state index in [4.69, 9.17) is 65.8 Å². The molecule has 4 aliphatic heterocycles. The molecule has 5 aliphatic carbocycles. The Kier molecular flexibility index (Phi) is 19.1.